The third-order valence-electron chi connectivity index (χ3n) is 1.97. The van der Waals surface area contributed by atoms with Gasteiger partial charge < -0.3 is 4.90 Å². The number of anilines is 1. The van der Waals surface area contributed by atoms with Crippen LogP contribution in [0.15, 0.2) is 12.4 Å². The smallest absolute Gasteiger partial charge is 0.225 e. The minimum atomic E-state index is 0.471. The van der Waals surface area contributed by atoms with Gasteiger partial charge in [-0.1, -0.05) is 25.4 Å². The molecule has 16 heavy (non-hydrogen) atoms. The molecule has 0 amide bonds. The van der Waals surface area contributed by atoms with Crippen LogP contribution in [0.3, 0.4) is 0 Å². The molecule has 1 rings (SSSR count). The minimum absolute atomic E-state index is 0.471. The maximum Gasteiger partial charge on any atom is 0.225 e. The predicted molar refractivity (Wildman–Crippen MR) is 64.3 cm³/mol. The van der Waals surface area contributed by atoms with Crippen LogP contribution in [0.4, 0.5) is 5.95 Å². The molecule has 0 aliphatic heterocycles. The molecular weight excluding hydrogens is 224 g/mol. The standard InChI is InChI=1S/C11H15ClN4/c1-9(2)8-16(5-3-4-13)11-14-6-10(12)7-15-11/h6-7,9H,3,5,8H2,1-2H3. The van der Waals surface area contributed by atoms with E-state index in [1.54, 1.807) is 12.4 Å². The molecule has 0 aromatic carbocycles. The van der Waals surface area contributed by atoms with Crippen molar-refractivity contribution in [3.8, 4) is 6.07 Å². The van der Waals surface area contributed by atoms with Crippen molar-refractivity contribution in [1.29, 1.82) is 5.26 Å². The number of halogens is 1. The van der Waals surface area contributed by atoms with Crippen LogP contribution in [0.25, 0.3) is 0 Å². The zero-order valence-electron chi connectivity index (χ0n) is 9.52. The molecule has 1 aromatic rings. The molecule has 0 bridgehead atoms. The van der Waals surface area contributed by atoms with E-state index in [1.165, 1.54) is 0 Å². The molecular formula is C11H15ClN4. The zero-order chi connectivity index (χ0) is 12.0. The lowest BCUT2D eigenvalue weighted by Crippen LogP contribution is -2.30. The van der Waals surface area contributed by atoms with Crippen LogP contribution in [-0.4, -0.2) is 23.1 Å². The molecule has 0 atom stereocenters. The van der Waals surface area contributed by atoms with Crippen LogP contribution in [0.2, 0.25) is 5.02 Å². The number of nitrogens with zero attached hydrogens (tertiary/aromatic N) is 4. The Morgan fingerprint density at radius 3 is 2.56 bits per heavy atom. The Hall–Kier alpha value is -1.34. The Balaban J connectivity index is 2.75. The topological polar surface area (TPSA) is 52.8 Å². The summed E-state index contributed by atoms with van der Waals surface area (Å²) in [7, 11) is 0. The molecule has 5 heteroatoms. The van der Waals surface area contributed by atoms with E-state index in [2.05, 4.69) is 29.9 Å². The summed E-state index contributed by atoms with van der Waals surface area (Å²) in [6.07, 6.45) is 3.62. The highest BCUT2D eigenvalue weighted by molar-refractivity contribution is 6.30. The van der Waals surface area contributed by atoms with Crippen molar-refractivity contribution in [1.82, 2.24) is 9.97 Å². The van der Waals surface area contributed by atoms with Crippen molar-refractivity contribution in [2.75, 3.05) is 18.0 Å². The molecule has 86 valence electrons. The van der Waals surface area contributed by atoms with E-state index in [9.17, 15) is 0 Å². The molecule has 0 N–H and O–H groups in total. The monoisotopic (exact) mass is 238 g/mol. The molecule has 1 heterocycles. The lowest BCUT2D eigenvalue weighted by atomic mass is 10.2. The van der Waals surface area contributed by atoms with E-state index in [-0.39, 0.29) is 0 Å². The number of rotatable bonds is 5. The van der Waals surface area contributed by atoms with Crippen molar-refractivity contribution >= 4 is 17.5 Å². The van der Waals surface area contributed by atoms with E-state index in [4.69, 9.17) is 16.9 Å². The first kappa shape index (κ1) is 12.7. The van der Waals surface area contributed by atoms with Crippen LogP contribution in [0.1, 0.15) is 20.3 Å². The molecule has 0 aliphatic carbocycles. The zero-order valence-corrected chi connectivity index (χ0v) is 10.3. The van der Waals surface area contributed by atoms with Crippen LogP contribution < -0.4 is 4.90 Å². The predicted octanol–water partition coefficient (Wildman–Crippen LogP) is 2.51. The van der Waals surface area contributed by atoms with E-state index < -0.39 is 0 Å². The second kappa shape index (κ2) is 6.29. The minimum Gasteiger partial charge on any atom is -0.340 e. The first-order chi connectivity index (χ1) is 7.63. The third kappa shape index (κ3) is 4.03. The van der Waals surface area contributed by atoms with Gasteiger partial charge >= 0.3 is 0 Å². The number of hydrogen-bond acceptors (Lipinski definition) is 4. The fourth-order valence-corrected chi connectivity index (χ4v) is 1.47. The average Bonchev–Trinajstić information content (AvgIpc) is 2.25. The van der Waals surface area contributed by atoms with Gasteiger partial charge in [-0.3, -0.25) is 0 Å². The number of nitriles is 1. The summed E-state index contributed by atoms with van der Waals surface area (Å²) in [5.74, 6) is 1.13. The molecule has 0 unspecified atom stereocenters. The quantitative estimate of drug-likeness (QED) is 0.791. The van der Waals surface area contributed by atoms with E-state index in [0.29, 0.717) is 29.9 Å². The lowest BCUT2D eigenvalue weighted by molar-refractivity contribution is 0.602. The van der Waals surface area contributed by atoms with Crippen molar-refractivity contribution in [2.45, 2.75) is 20.3 Å². The van der Waals surface area contributed by atoms with Gasteiger partial charge in [0.05, 0.1) is 29.9 Å². The van der Waals surface area contributed by atoms with Gasteiger partial charge in [-0.15, -0.1) is 0 Å². The second-order valence-electron chi connectivity index (χ2n) is 3.95. The fraction of sp³-hybridized carbons (Fsp3) is 0.545. The average molecular weight is 239 g/mol. The summed E-state index contributed by atoms with van der Waals surface area (Å²) in [4.78, 5) is 10.3. The van der Waals surface area contributed by atoms with Gasteiger partial charge in [-0.05, 0) is 5.92 Å². The Morgan fingerprint density at radius 2 is 2.06 bits per heavy atom. The largest absolute Gasteiger partial charge is 0.340 e. The van der Waals surface area contributed by atoms with Crippen LogP contribution in [0, 0.1) is 17.2 Å². The Bertz CT molecular complexity index is 355. The summed E-state index contributed by atoms with van der Waals surface area (Å²) in [5.41, 5.74) is 0. The third-order valence-corrected chi connectivity index (χ3v) is 2.16. The Morgan fingerprint density at radius 1 is 1.44 bits per heavy atom. The van der Waals surface area contributed by atoms with Crippen molar-refractivity contribution in [2.24, 2.45) is 5.92 Å². The van der Waals surface area contributed by atoms with E-state index in [1.807, 2.05) is 4.90 Å². The van der Waals surface area contributed by atoms with Gasteiger partial charge in [0.25, 0.3) is 0 Å². The molecule has 1 aromatic heterocycles. The van der Waals surface area contributed by atoms with Crippen molar-refractivity contribution < 1.29 is 0 Å². The van der Waals surface area contributed by atoms with Gasteiger partial charge in [0.15, 0.2) is 0 Å². The summed E-state index contributed by atoms with van der Waals surface area (Å²) in [6.45, 7) is 5.73. The Labute approximate surface area is 101 Å². The normalized spacial score (nSPS) is 10.2. The maximum absolute atomic E-state index is 8.60. The lowest BCUT2D eigenvalue weighted by Gasteiger charge is -2.23. The first-order valence-corrected chi connectivity index (χ1v) is 5.60. The van der Waals surface area contributed by atoms with Gasteiger partial charge in [0.1, 0.15) is 0 Å². The molecule has 0 saturated heterocycles. The molecule has 0 spiro atoms. The van der Waals surface area contributed by atoms with E-state index >= 15 is 0 Å². The van der Waals surface area contributed by atoms with Gasteiger partial charge in [-0.2, -0.15) is 5.26 Å². The van der Waals surface area contributed by atoms with Crippen molar-refractivity contribution in [3.63, 3.8) is 0 Å². The molecule has 0 radical (unpaired) electrons. The number of hydrogen-bond donors (Lipinski definition) is 0. The highest BCUT2D eigenvalue weighted by Crippen LogP contribution is 2.12. The SMILES string of the molecule is CC(C)CN(CCC#N)c1ncc(Cl)cn1. The highest BCUT2D eigenvalue weighted by atomic mass is 35.5. The van der Waals surface area contributed by atoms with Crippen LogP contribution >= 0.6 is 11.6 Å². The fourth-order valence-electron chi connectivity index (χ4n) is 1.37. The maximum atomic E-state index is 8.60. The summed E-state index contributed by atoms with van der Waals surface area (Å²) in [6, 6.07) is 2.13. The summed E-state index contributed by atoms with van der Waals surface area (Å²) >= 11 is 5.73. The molecule has 4 nitrogen and oxygen atoms in total. The summed E-state index contributed by atoms with van der Waals surface area (Å²) in [5, 5.41) is 9.12. The number of aromatic nitrogens is 2. The van der Waals surface area contributed by atoms with Gasteiger partial charge in [0.2, 0.25) is 5.95 Å². The second-order valence-corrected chi connectivity index (χ2v) is 4.39. The first-order valence-electron chi connectivity index (χ1n) is 5.23. The van der Waals surface area contributed by atoms with Gasteiger partial charge in [-0.25, -0.2) is 9.97 Å². The van der Waals surface area contributed by atoms with Gasteiger partial charge in [0, 0.05) is 13.1 Å². The van der Waals surface area contributed by atoms with Crippen molar-refractivity contribution in [3.05, 3.63) is 17.4 Å². The highest BCUT2D eigenvalue weighted by Gasteiger charge is 2.10. The summed E-state index contributed by atoms with van der Waals surface area (Å²) < 4.78 is 0. The Kier molecular flexibility index (Phi) is 5.00. The molecule has 0 fully saturated rings. The molecule has 0 aliphatic rings. The van der Waals surface area contributed by atoms with Crippen LogP contribution in [-0.2, 0) is 0 Å². The molecule has 0 saturated carbocycles. The van der Waals surface area contributed by atoms with E-state index in [0.717, 1.165) is 6.54 Å². The van der Waals surface area contributed by atoms with Crippen LogP contribution in [0.5, 0.6) is 0 Å².